The summed E-state index contributed by atoms with van der Waals surface area (Å²) in [6.07, 6.45) is 2.52. The molecular formula is C33H36N4O5. The zero-order valence-corrected chi connectivity index (χ0v) is 24.2. The molecule has 0 saturated heterocycles. The summed E-state index contributed by atoms with van der Waals surface area (Å²) >= 11 is 0. The van der Waals surface area contributed by atoms with Crippen molar-refractivity contribution in [3.63, 3.8) is 0 Å². The summed E-state index contributed by atoms with van der Waals surface area (Å²) in [5, 5.41) is 32.0. The molecule has 0 fully saturated rings. The normalized spacial score (nSPS) is 13.4. The molecule has 1 unspecified atom stereocenters. The number of hydrogen-bond acceptors (Lipinski definition) is 7. The van der Waals surface area contributed by atoms with E-state index < -0.39 is 18.1 Å². The number of nitrogens with zero attached hydrogens (tertiary/aromatic N) is 3. The highest BCUT2D eigenvalue weighted by Crippen LogP contribution is 2.26. The van der Waals surface area contributed by atoms with E-state index in [1.54, 1.807) is 19.1 Å². The van der Waals surface area contributed by atoms with E-state index in [9.17, 15) is 25.1 Å². The van der Waals surface area contributed by atoms with Crippen molar-refractivity contribution in [2.75, 3.05) is 6.54 Å². The zero-order valence-electron chi connectivity index (χ0n) is 24.2. The highest BCUT2D eigenvalue weighted by molar-refractivity contribution is 5.96. The van der Waals surface area contributed by atoms with E-state index in [2.05, 4.69) is 11.4 Å². The quantitative estimate of drug-likeness (QED) is 0.212. The molecule has 0 saturated carbocycles. The molecule has 3 N–H and O–H groups in total. The minimum Gasteiger partial charge on any atom is -0.490 e. The molecule has 218 valence electrons. The number of aliphatic hydroxyl groups excluding tert-OH is 2. The van der Waals surface area contributed by atoms with Crippen LogP contribution in [0.3, 0.4) is 0 Å². The Kier molecular flexibility index (Phi) is 9.73. The molecular weight excluding hydrogens is 532 g/mol. The molecule has 9 heteroatoms. The van der Waals surface area contributed by atoms with E-state index in [0.717, 1.165) is 22.4 Å². The molecule has 0 radical (unpaired) electrons. The molecule has 2 aromatic heterocycles. The number of imidazole rings is 1. The number of aliphatic hydroxyl groups is 2. The molecule has 4 rings (SSSR count). The largest absolute Gasteiger partial charge is 0.490 e. The lowest BCUT2D eigenvalue weighted by atomic mass is 9.91. The van der Waals surface area contributed by atoms with Gasteiger partial charge in [0.05, 0.1) is 23.5 Å². The molecule has 4 aromatic rings. The second-order valence-corrected chi connectivity index (χ2v) is 10.8. The summed E-state index contributed by atoms with van der Waals surface area (Å²) in [5.74, 6) is -0.494. The predicted molar refractivity (Wildman–Crippen MR) is 159 cm³/mol. The first-order chi connectivity index (χ1) is 20.0. The number of aromatic nitrogens is 2. The second kappa shape index (κ2) is 13.4. The number of amides is 1. The molecule has 2 aromatic carbocycles. The number of ketones is 1. The Morgan fingerprint density at radius 3 is 2.45 bits per heavy atom. The van der Waals surface area contributed by atoms with Crippen LogP contribution in [0.4, 0.5) is 0 Å². The Morgan fingerprint density at radius 1 is 1.07 bits per heavy atom. The van der Waals surface area contributed by atoms with Crippen LogP contribution in [0.15, 0.2) is 67.0 Å². The van der Waals surface area contributed by atoms with Gasteiger partial charge < -0.3 is 24.7 Å². The second-order valence-electron chi connectivity index (χ2n) is 10.8. The van der Waals surface area contributed by atoms with Gasteiger partial charge in [-0.3, -0.25) is 9.59 Å². The molecule has 42 heavy (non-hydrogen) atoms. The Labute approximate surface area is 245 Å². The van der Waals surface area contributed by atoms with Gasteiger partial charge in [0.25, 0.3) is 0 Å². The number of ether oxygens (including phenoxy) is 1. The van der Waals surface area contributed by atoms with Crippen LogP contribution in [0.25, 0.3) is 16.9 Å². The van der Waals surface area contributed by atoms with Gasteiger partial charge in [-0.25, -0.2) is 4.98 Å². The van der Waals surface area contributed by atoms with Crippen molar-refractivity contribution < 1.29 is 24.5 Å². The average molecular weight is 569 g/mol. The molecule has 9 nitrogen and oxygen atoms in total. The smallest absolute Gasteiger partial charge is 0.248 e. The van der Waals surface area contributed by atoms with Crippen LogP contribution < -0.4 is 10.1 Å². The number of fused-ring (bicyclic) bond motifs is 1. The lowest BCUT2D eigenvalue weighted by Crippen LogP contribution is -2.37. The van der Waals surface area contributed by atoms with Crippen LogP contribution in [0, 0.1) is 17.2 Å². The van der Waals surface area contributed by atoms with Gasteiger partial charge in [0.2, 0.25) is 5.91 Å². The number of hydrogen-bond donors (Lipinski definition) is 3. The fourth-order valence-electron chi connectivity index (χ4n) is 4.78. The van der Waals surface area contributed by atoms with Gasteiger partial charge in [-0.2, -0.15) is 5.26 Å². The lowest BCUT2D eigenvalue weighted by Gasteiger charge is -2.19. The highest BCUT2D eigenvalue weighted by atomic mass is 16.5. The van der Waals surface area contributed by atoms with Gasteiger partial charge in [-0.15, -0.1) is 0 Å². The molecule has 3 atom stereocenters. The number of carbonyl (C=O) groups excluding carboxylic acids is 2. The third-order valence-corrected chi connectivity index (χ3v) is 6.94. The monoisotopic (exact) mass is 568 g/mol. The van der Waals surface area contributed by atoms with E-state index >= 15 is 0 Å². The van der Waals surface area contributed by atoms with Gasteiger partial charge >= 0.3 is 0 Å². The van der Waals surface area contributed by atoms with Crippen molar-refractivity contribution in [2.24, 2.45) is 5.92 Å². The summed E-state index contributed by atoms with van der Waals surface area (Å²) in [4.78, 5) is 30.1. The van der Waals surface area contributed by atoms with Crippen molar-refractivity contribution >= 4 is 17.3 Å². The summed E-state index contributed by atoms with van der Waals surface area (Å²) in [5.41, 5.74) is 4.77. The third kappa shape index (κ3) is 7.40. The van der Waals surface area contributed by atoms with Crippen LogP contribution in [0.1, 0.15) is 67.3 Å². The maximum Gasteiger partial charge on any atom is 0.248 e. The number of rotatable bonds is 12. The van der Waals surface area contributed by atoms with Crippen molar-refractivity contribution in [3.8, 4) is 23.1 Å². The Morgan fingerprint density at radius 2 is 1.81 bits per heavy atom. The summed E-state index contributed by atoms with van der Waals surface area (Å²) < 4.78 is 7.56. The maximum atomic E-state index is 13.3. The van der Waals surface area contributed by atoms with Crippen molar-refractivity contribution in [1.82, 2.24) is 14.7 Å². The van der Waals surface area contributed by atoms with Crippen LogP contribution in [0.2, 0.25) is 0 Å². The standard InChI is InChI=1S/C33H36N4O5/c1-20(2)42-31-12-11-26(16-27(31)17-34)30(40)15-24(18-35-33(41)22(4)39)14-23-7-9-25(10-8-23)29-19-37-13-5-6-28(21(3)38)32(37)36-29/h5-13,16,19-22,24,38-39H,14-15,18H2,1-4H3,(H,35,41)/t21?,22-,24-/m1/s1. The zero-order chi connectivity index (χ0) is 30.4. The number of carbonyl (C=O) groups is 2. The van der Waals surface area contributed by atoms with E-state index in [4.69, 9.17) is 9.72 Å². The van der Waals surface area contributed by atoms with E-state index in [0.29, 0.717) is 23.4 Å². The molecule has 0 aliphatic heterocycles. The van der Waals surface area contributed by atoms with Crippen LogP contribution in [-0.2, 0) is 11.2 Å². The van der Waals surface area contributed by atoms with Gasteiger partial charge in [0.15, 0.2) is 5.78 Å². The topological polar surface area (TPSA) is 137 Å². The molecule has 0 spiro atoms. The SMILES string of the molecule is CC(C)Oc1ccc(C(=O)C[C@H](CNC(=O)[C@@H](C)O)Cc2ccc(-c3cn4cccc(C(C)O)c4n3)cc2)cc1C#N. The van der Waals surface area contributed by atoms with E-state index in [1.165, 1.54) is 13.0 Å². The summed E-state index contributed by atoms with van der Waals surface area (Å²) in [6.45, 7) is 7.03. The maximum absolute atomic E-state index is 13.3. The predicted octanol–water partition coefficient (Wildman–Crippen LogP) is 4.64. The molecule has 0 aliphatic rings. The van der Waals surface area contributed by atoms with Gasteiger partial charge in [0, 0.05) is 42.0 Å². The minimum atomic E-state index is -1.16. The first-order valence-electron chi connectivity index (χ1n) is 14.0. The van der Waals surface area contributed by atoms with Gasteiger partial charge in [-0.05, 0) is 69.9 Å². The van der Waals surface area contributed by atoms with Crippen molar-refractivity contribution in [3.05, 3.63) is 89.2 Å². The van der Waals surface area contributed by atoms with Crippen LogP contribution in [0.5, 0.6) is 5.75 Å². The third-order valence-electron chi connectivity index (χ3n) is 6.94. The van der Waals surface area contributed by atoms with Gasteiger partial charge in [-0.1, -0.05) is 30.3 Å². The van der Waals surface area contributed by atoms with Crippen molar-refractivity contribution in [1.29, 1.82) is 5.26 Å². The lowest BCUT2D eigenvalue weighted by molar-refractivity contribution is -0.128. The number of pyridine rings is 1. The van der Waals surface area contributed by atoms with Crippen molar-refractivity contribution in [2.45, 2.75) is 58.8 Å². The summed E-state index contributed by atoms with van der Waals surface area (Å²) in [6, 6.07) is 18.5. The number of Topliss-reactive ketones (excluding diaryl/α,β-unsaturated/α-hetero) is 1. The number of benzene rings is 2. The van der Waals surface area contributed by atoms with E-state index in [1.807, 2.05) is 67.0 Å². The molecule has 2 heterocycles. The first kappa shape index (κ1) is 30.4. The number of nitriles is 1. The first-order valence-corrected chi connectivity index (χ1v) is 14.0. The Balaban J connectivity index is 1.52. The van der Waals surface area contributed by atoms with Gasteiger partial charge in [0.1, 0.15) is 23.6 Å². The number of nitrogens with one attached hydrogen (secondary N) is 1. The van der Waals surface area contributed by atoms with E-state index in [-0.39, 0.29) is 36.3 Å². The molecule has 0 bridgehead atoms. The fraction of sp³-hybridized carbons (Fsp3) is 0.333. The Hall–Kier alpha value is -4.52. The Bertz CT molecular complexity index is 1600. The molecule has 0 aliphatic carbocycles. The highest BCUT2D eigenvalue weighted by Gasteiger charge is 2.20. The average Bonchev–Trinajstić information content (AvgIpc) is 3.40. The van der Waals surface area contributed by atoms with Crippen LogP contribution in [-0.4, -0.2) is 50.0 Å². The minimum absolute atomic E-state index is 0.110. The fourth-order valence-corrected chi connectivity index (χ4v) is 4.78. The van der Waals surface area contributed by atoms with Crippen LogP contribution >= 0.6 is 0 Å². The molecule has 1 amide bonds. The summed E-state index contributed by atoms with van der Waals surface area (Å²) in [7, 11) is 0.